The Balaban J connectivity index is 2.60. The summed E-state index contributed by atoms with van der Waals surface area (Å²) < 4.78 is 12.4. The Hall–Kier alpha value is -1.35. The fourth-order valence-electron chi connectivity index (χ4n) is 1.52. The number of nitrogens with one attached hydrogen (secondary N) is 1. The minimum Gasteiger partial charge on any atom is -0.361 e. The van der Waals surface area contributed by atoms with Gasteiger partial charge in [0.05, 0.1) is 6.04 Å². The van der Waals surface area contributed by atoms with Gasteiger partial charge in [-0.1, -0.05) is 12.1 Å². The van der Waals surface area contributed by atoms with Gasteiger partial charge in [-0.05, 0) is 17.7 Å². The van der Waals surface area contributed by atoms with Gasteiger partial charge in [-0.15, -0.1) is 0 Å². The van der Waals surface area contributed by atoms with Crippen LogP contribution < -0.4 is 5.73 Å². The third-order valence-electron chi connectivity index (χ3n) is 2.19. The highest BCUT2D eigenvalue weighted by atomic mass is 19.1. The number of benzene rings is 1. The van der Waals surface area contributed by atoms with E-state index in [0.717, 1.165) is 16.5 Å². The molecule has 1 atom stereocenters. The van der Waals surface area contributed by atoms with Crippen molar-refractivity contribution in [1.29, 1.82) is 0 Å². The lowest BCUT2D eigenvalue weighted by atomic mass is 10.0. The first-order valence-corrected chi connectivity index (χ1v) is 4.20. The van der Waals surface area contributed by atoms with Crippen LogP contribution in [0, 0.1) is 0 Å². The van der Waals surface area contributed by atoms with E-state index in [2.05, 4.69) is 4.98 Å². The van der Waals surface area contributed by atoms with Crippen molar-refractivity contribution < 1.29 is 4.39 Å². The number of halogens is 1. The average Bonchev–Trinajstić information content (AvgIpc) is 2.63. The topological polar surface area (TPSA) is 41.8 Å². The highest BCUT2D eigenvalue weighted by molar-refractivity contribution is 5.83. The monoisotopic (exact) mass is 178 g/mol. The predicted octanol–water partition coefficient (Wildman–Crippen LogP) is 2.14. The number of hydrogen-bond donors (Lipinski definition) is 2. The molecule has 0 radical (unpaired) electrons. The zero-order valence-corrected chi connectivity index (χ0v) is 7.13. The van der Waals surface area contributed by atoms with Crippen LogP contribution in [-0.2, 0) is 0 Å². The van der Waals surface area contributed by atoms with Crippen molar-refractivity contribution in [3.63, 3.8) is 0 Å². The van der Waals surface area contributed by atoms with Gasteiger partial charge in [0.25, 0.3) is 0 Å². The largest absolute Gasteiger partial charge is 0.361 e. The van der Waals surface area contributed by atoms with Gasteiger partial charge in [0.2, 0.25) is 0 Å². The molecule has 0 saturated carbocycles. The minimum atomic E-state index is -0.524. The van der Waals surface area contributed by atoms with E-state index in [4.69, 9.17) is 5.73 Å². The molecule has 0 amide bonds. The van der Waals surface area contributed by atoms with E-state index in [9.17, 15) is 4.39 Å². The summed E-state index contributed by atoms with van der Waals surface area (Å²) in [5, 5.41) is 1.01. The van der Waals surface area contributed by atoms with Crippen LogP contribution in [0.5, 0.6) is 0 Å². The molecule has 13 heavy (non-hydrogen) atoms. The maximum Gasteiger partial charge on any atom is 0.109 e. The zero-order valence-electron chi connectivity index (χ0n) is 7.13. The van der Waals surface area contributed by atoms with Gasteiger partial charge >= 0.3 is 0 Å². The van der Waals surface area contributed by atoms with E-state index in [1.807, 2.05) is 30.5 Å². The van der Waals surface area contributed by atoms with Gasteiger partial charge in [-0.3, -0.25) is 0 Å². The maximum absolute atomic E-state index is 12.4. The van der Waals surface area contributed by atoms with Crippen LogP contribution in [0.2, 0.25) is 0 Å². The summed E-state index contributed by atoms with van der Waals surface area (Å²) in [4.78, 5) is 3.06. The summed E-state index contributed by atoms with van der Waals surface area (Å²) in [6.45, 7) is -0.524. The molecule has 0 aliphatic heterocycles. The SMILES string of the molecule is N[C@H](CF)c1cccc2[nH]ccc12. The van der Waals surface area contributed by atoms with Gasteiger partial charge in [0.15, 0.2) is 0 Å². The summed E-state index contributed by atoms with van der Waals surface area (Å²) in [5.74, 6) is 0. The second kappa shape index (κ2) is 3.18. The Bertz CT molecular complexity index is 408. The smallest absolute Gasteiger partial charge is 0.109 e. The lowest BCUT2D eigenvalue weighted by Gasteiger charge is -2.08. The van der Waals surface area contributed by atoms with Gasteiger partial charge in [0.1, 0.15) is 6.67 Å². The highest BCUT2D eigenvalue weighted by Crippen LogP contribution is 2.22. The van der Waals surface area contributed by atoms with Crippen molar-refractivity contribution in [2.75, 3.05) is 6.67 Å². The lowest BCUT2D eigenvalue weighted by Crippen LogP contribution is -2.12. The molecule has 0 unspecified atom stereocenters. The lowest BCUT2D eigenvalue weighted by molar-refractivity contribution is 0.438. The Morgan fingerprint density at radius 3 is 3.00 bits per heavy atom. The van der Waals surface area contributed by atoms with Crippen molar-refractivity contribution in [3.8, 4) is 0 Å². The number of hydrogen-bond acceptors (Lipinski definition) is 1. The molecular weight excluding hydrogens is 167 g/mol. The first kappa shape index (κ1) is 8.26. The van der Waals surface area contributed by atoms with Crippen molar-refractivity contribution in [2.45, 2.75) is 6.04 Å². The fraction of sp³-hybridized carbons (Fsp3) is 0.200. The van der Waals surface area contributed by atoms with Gasteiger partial charge in [-0.2, -0.15) is 0 Å². The molecule has 2 nitrogen and oxygen atoms in total. The molecule has 0 saturated heterocycles. The molecule has 3 heteroatoms. The number of nitrogens with two attached hydrogens (primary N) is 1. The molecule has 0 aliphatic rings. The Morgan fingerprint density at radius 2 is 2.23 bits per heavy atom. The standard InChI is InChI=1S/C10H11FN2/c11-6-9(12)7-2-1-3-10-8(7)4-5-13-10/h1-5,9,13H,6,12H2/t9-/m1/s1. The number of fused-ring (bicyclic) bond motifs is 1. The van der Waals surface area contributed by atoms with Crippen LogP contribution in [0.1, 0.15) is 11.6 Å². The molecule has 1 aromatic carbocycles. The third-order valence-corrected chi connectivity index (χ3v) is 2.19. The zero-order chi connectivity index (χ0) is 9.26. The quantitative estimate of drug-likeness (QED) is 0.726. The van der Waals surface area contributed by atoms with Crippen LogP contribution in [0.4, 0.5) is 4.39 Å². The molecule has 0 bridgehead atoms. The number of aromatic nitrogens is 1. The average molecular weight is 178 g/mol. The van der Waals surface area contributed by atoms with E-state index in [-0.39, 0.29) is 0 Å². The van der Waals surface area contributed by atoms with Gasteiger partial charge < -0.3 is 10.7 Å². The molecule has 68 valence electrons. The van der Waals surface area contributed by atoms with Gasteiger partial charge in [0, 0.05) is 17.1 Å². The Morgan fingerprint density at radius 1 is 1.38 bits per heavy atom. The second-order valence-corrected chi connectivity index (χ2v) is 3.05. The number of rotatable bonds is 2. The molecule has 1 heterocycles. The molecule has 0 fully saturated rings. The van der Waals surface area contributed by atoms with E-state index in [1.165, 1.54) is 0 Å². The number of H-pyrrole nitrogens is 1. The van der Waals surface area contributed by atoms with Crippen LogP contribution >= 0.6 is 0 Å². The van der Waals surface area contributed by atoms with E-state index < -0.39 is 12.7 Å². The number of aromatic amines is 1. The molecule has 0 aliphatic carbocycles. The Kier molecular flexibility index (Phi) is 2.02. The van der Waals surface area contributed by atoms with E-state index in [1.54, 1.807) is 0 Å². The fourth-order valence-corrected chi connectivity index (χ4v) is 1.52. The van der Waals surface area contributed by atoms with Crippen molar-refractivity contribution in [1.82, 2.24) is 4.98 Å². The van der Waals surface area contributed by atoms with Crippen molar-refractivity contribution in [2.24, 2.45) is 5.73 Å². The van der Waals surface area contributed by atoms with Crippen LogP contribution in [0.25, 0.3) is 10.9 Å². The molecule has 2 rings (SSSR count). The van der Waals surface area contributed by atoms with Crippen molar-refractivity contribution in [3.05, 3.63) is 36.0 Å². The second-order valence-electron chi connectivity index (χ2n) is 3.05. The van der Waals surface area contributed by atoms with Gasteiger partial charge in [-0.25, -0.2) is 4.39 Å². The van der Waals surface area contributed by atoms with E-state index >= 15 is 0 Å². The first-order valence-electron chi connectivity index (χ1n) is 4.20. The molecule has 3 N–H and O–H groups in total. The first-order chi connectivity index (χ1) is 6.33. The summed E-state index contributed by atoms with van der Waals surface area (Å²) in [6, 6.07) is 7.09. The van der Waals surface area contributed by atoms with Crippen molar-refractivity contribution >= 4 is 10.9 Å². The highest BCUT2D eigenvalue weighted by Gasteiger charge is 2.08. The number of alkyl halides is 1. The summed E-state index contributed by atoms with van der Waals surface area (Å²) >= 11 is 0. The van der Waals surface area contributed by atoms with Crippen LogP contribution in [0.15, 0.2) is 30.5 Å². The van der Waals surface area contributed by atoms with Crippen LogP contribution in [-0.4, -0.2) is 11.7 Å². The van der Waals surface area contributed by atoms with E-state index in [0.29, 0.717) is 0 Å². The predicted molar refractivity (Wildman–Crippen MR) is 51.2 cm³/mol. The minimum absolute atomic E-state index is 0.514. The van der Waals surface area contributed by atoms with Crippen LogP contribution in [0.3, 0.4) is 0 Å². The summed E-state index contributed by atoms with van der Waals surface area (Å²) in [5.41, 5.74) is 7.49. The molecule has 1 aromatic heterocycles. The Labute approximate surface area is 75.6 Å². The third kappa shape index (κ3) is 1.31. The summed E-state index contributed by atoms with van der Waals surface area (Å²) in [7, 11) is 0. The summed E-state index contributed by atoms with van der Waals surface area (Å²) in [6.07, 6.45) is 1.83. The normalized spacial score (nSPS) is 13.4. The maximum atomic E-state index is 12.4. The molecule has 2 aromatic rings. The molecule has 0 spiro atoms. The molecular formula is C10H11FN2.